The maximum absolute atomic E-state index is 11.9. The Morgan fingerprint density at radius 1 is 1.41 bits per heavy atom. The standard InChI is InChI=1S/C12H22N2O3/c1-8-5-6-14(9(8)10(15)16)11(17)13-7-12(2,3)4/h8-9H,5-7H2,1-4H3,(H,13,17)(H,15,16). The van der Waals surface area contributed by atoms with E-state index in [4.69, 9.17) is 5.11 Å². The topological polar surface area (TPSA) is 69.6 Å². The average molecular weight is 242 g/mol. The van der Waals surface area contributed by atoms with Crippen LogP contribution >= 0.6 is 0 Å². The van der Waals surface area contributed by atoms with Crippen LogP contribution in [-0.4, -0.2) is 41.1 Å². The van der Waals surface area contributed by atoms with Crippen LogP contribution in [0.15, 0.2) is 0 Å². The molecular formula is C12H22N2O3. The van der Waals surface area contributed by atoms with Gasteiger partial charge in [-0.15, -0.1) is 0 Å². The van der Waals surface area contributed by atoms with E-state index in [9.17, 15) is 9.59 Å². The molecule has 0 saturated carbocycles. The van der Waals surface area contributed by atoms with E-state index in [0.29, 0.717) is 13.1 Å². The van der Waals surface area contributed by atoms with Crippen LogP contribution < -0.4 is 5.32 Å². The van der Waals surface area contributed by atoms with Gasteiger partial charge in [0.1, 0.15) is 6.04 Å². The summed E-state index contributed by atoms with van der Waals surface area (Å²) in [4.78, 5) is 24.4. The highest BCUT2D eigenvalue weighted by Gasteiger charge is 2.39. The number of amides is 2. The largest absolute Gasteiger partial charge is 0.480 e. The zero-order valence-electron chi connectivity index (χ0n) is 11.0. The third-order valence-corrected chi connectivity index (χ3v) is 2.98. The number of hydrogen-bond donors (Lipinski definition) is 2. The van der Waals surface area contributed by atoms with Crippen LogP contribution in [0.5, 0.6) is 0 Å². The second kappa shape index (κ2) is 4.94. The van der Waals surface area contributed by atoms with E-state index in [0.717, 1.165) is 6.42 Å². The number of carboxylic acids is 1. The van der Waals surface area contributed by atoms with Gasteiger partial charge in [0, 0.05) is 13.1 Å². The van der Waals surface area contributed by atoms with Crippen molar-refractivity contribution in [3.05, 3.63) is 0 Å². The van der Waals surface area contributed by atoms with Crippen LogP contribution in [0, 0.1) is 11.3 Å². The van der Waals surface area contributed by atoms with Crippen molar-refractivity contribution in [3.63, 3.8) is 0 Å². The molecular weight excluding hydrogens is 220 g/mol. The summed E-state index contributed by atoms with van der Waals surface area (Å²) in [6.45, 7) is 9.00. The third kappa shape index (κ3) is 3.61. The Bertz CT molecular complexity index is 309. The van der Waals surface area contributed by atoms with Crippen molar-refractivity contribution >= 4 is 12.0 Å². The predicted octanol–water partition coefficient (Wildman–Crippen LogP) is 1.54. The summed E-state index contributed by atoms with van der Waals surface area (Å²) >= 11 is 0. The molecule has 5 nitrogen and oxygen atoms in total. The van der Waals surface area contributed by atoms with Gasteiger partial charge in [-0.05, 0) is 17.8 Å². The number of carboxylic acid groups (broad SMARTS) is 1. The number of nitrogens with one attached hydrogen (secondary N) is 1. The maximum atomic E-state index is 11.9. The van der Waals surface area contributed by atoms with Crippen LogP contribution in [0.1, 0.15) is 34.1 Å². The Kier molecular flexibility index (Phi) is 4.01. The molecule has 2 N–H and O–H groups in total. The van der Waals surface area contributed by atoms with Gasteiger partial charge in [-0.2, -0.15) is 0 Å². The third-order valence-electron chi connectivity index (χ3n) is 2.98. The molecule has 0 aromatic carbocycles. The first-order valence-corrected chi connectivity index (χ1v) is 5.99. The van der Waals surface area contributed by atoms with Crippen molar-refractivity contribution in [1.29, 1.82) is 0 Å². The Morgan fingerprint density at radius 3 is 2.47 bits per heavy atom. The molecule has 5 heteroatoms. The molecule has 0 bridgehead atoms. The molecule has 0 aliphatic carbocycles. The first-order chi connectivity index (χ1) is 7.72. The fourth-order valence-corrected chi connectivity index (χ4v) is 1.99. The summed E-state index contributed by atoms with van der Waals surface area (Å²) < 4.78 is 0. The Morgan fingerprint density at radius 2 is 2.00 bits per heavy atom. The van der Waals surface area contributed by atoms with Crippen molar-refractivity contribution in [2.24, 2.45) is 11.3 Å². The molecule has 1 fully saturated rings. The van der Waals surface area contributed by atoms with Gasteiger partial charge in [0.15, 0.2) is 0 Å². The molecule has 2 unspecified atom stereocenters. The van der Waals surface area contributed by atoms with Gasteiger partial charge in [-0.25, -0.2) is 9.59 Å². The molecule has 2 amide bonds. The van der Waals surface area contributed by atoms with Crippen molar-refractivity contribution in [3.8, 4) is 0 Å². The number of rotatable bonds is 2. The highest BCUT2D eigenvalue weighted by molar-refractivity contribution is 5.83. The molecule has 0 aromatic rings. The summed E-state index contributed by atoms with van der Waals surface area (Å²) in [7, 11) is 0. The van der Waals surface area contributed by atoms with Gasteiger partial charge >= 0.3 is 12.0 Å². The van der Waals surface area contributed by atoms with Crippen LogP contribution in [0.3, 0.4) is 0 Å². The van der Waals surface area contributed by atoms with E-state index < -0.39 is 12.0 Å². The van der Waals surface area contributed by atoms with Crippen molar-refractivity contribution in [2.45, 2.75) is 40.2 Å². The quantitative estimate of drug-likeness (QED) is 0.771. The SMILES string of the molecule is CC1CCN(C(=O)NCC(C)(C)C)C1C(=O)O. The number of hydrogen-bond acceptors (Lipinski definition) is 2. The minimum absolute atomic E-state index is 0.000277. The van der Waals surface area contributed by atoms with Crippen LogP contribution in [-0.2, 0) is 4.79 Å². The first kappa shape index (κ1) is 13.8. The van der Waals surface area contributed by atoms with E-state index >= 15 is 0 Å². The molecule has 1 aliphatic rings. The number of aliphatic carboxylic acids is 1. The normalized spacial score (nSPS) is 24.8. The number of urea groups is 1. The van der Waals surface area contributed by atoms with Gasteiger partial charge in [0.2, 0.25) is 0 Å². The summed E-state index contributed by atoms with van der Waals surface area (Å²) in [6.07, 6.45) is 0.750. The van der Waals surface area contributed by atoms with Crippen LogP contribution in [0.4, 0.5) is 4.79 Å². The highest BCUT2D eigenvalue weighted by Crippen LogP contribution is 2.24. The fraction of sp³-hybridized carbons (Fsp3) is 0.833. The maximum Gasteiger partial charge on any atom is 0.326 e. The molecule has 1 saturated heterocycles. The zero-order valence-corrected chi connectivity index (χ0v) is 11.0. The smallest absolute Gasteiger partial charge is 0.326 e. The molecule has 1 heterocycles. The molecule has 0 aromatic heterocycles. The second-order valence-corrected chi connectivity index (χ2v) is 5.96. The Labute approximate surface area is 102 Å². The lowest BCUT2D eigenvalue weighted by molar-refractivity contribution is -0.142. The summed E-state index contributed by atoms with van der Waals surface area (Å²) in [6, 6.07) is -0.952. The highest BCUT2D eigenvalue weighted by atomic mass is 16.4. The second-order valence-electron chi connectivity index (χ2n) is 5.96. The van der Waals surface area contributed by atoms with E-state index in [1.165, 1.54) is 4.90 Å². The monoisotopic (exact) mass is 242 g/mol. The first-order valence-electron chi connectivity index (χ1n) is 5.99. The average Bonchev–Trinajstić information content (AvgIpc) is 2.55. The number of likely N-dealkylation sites (tertiary alicyclic amines) is 1. The molecule has 0 radical (unpaired) electrons. The number of carbonyl (C=O) groups is 2. The van der Waals surface area contributed by atoms with Crippen LogP contribution in [0.25, 0.3) is 0 Å². The molecule has 2 atom stereocenters. The summed E-state index contributed by atoms with van der Waals surface area (Å²) in [5.74, 6) is -0.895. The zero-order chi connectivity index (χ0) is 13.2. The molecule has 1 rings (SSSR count). The number of nitrogens with zero attached hydrogens (tertiary/aromatic N) is 1. The Hall–Kier alpha value is -1.26. The summed E-state index contributed by atoms with van der Waals surface area (Å²) in [5, 5.41) is 11.9. The van der Waals surface area contributed by atoms with Crippen molar-refractivity contribution < 1.29 is 14.7 Å². The van der Waals surface area contributed by atoms with Crippen molar-refractivity contribution in [1.82, 2.24) is 10.2 Å². The lowest BCUT2D eigenvalue weighted by atomic mass is 9.97. The Balaban J connectivity index is 2.60. The molecule has 1 aliphatic heterocycles. The minimum Gasteiger partial charge on any atom is -0.480 e. The molecule has 17 heavy (non-hydrogen) atoms. The van der Waals surface area contributed by atoms with Gasteiger partial charge < -0.3 is 15.3 Å². The fourth-order valence-electron chi connectivity index (χ4n) is 1.99. The van der Waals surface area contributed by atoms with Gasteiger partial charge in [0.05, 0.1) is 0 Å². The lowest BCUT2D eigenvalue weighted by Gasteiger charge is -2.26. The van der Waals surface area contributed by atoms with E-state index in [2.05, 4.69) is 5.32 Å². The molecule has 98 valence electrons. The lowest BCUT2D eigenvalue weighted by Crippen LogP contribution is -2.49. The predicted molar refractivity (Wildman–Crippen MR) is 64.8 cm³/mol. The van der Waals surface area contributed by atoms with Gasteiger partial charge in [-0.3, -0.25) is 0 Å². The minimum atomic E-state index is -0.916. The van der Waals surface area contributed by atoms with E-state index in [1.807, 2.05) is 27.7 Å². The van der Waals surface area contributed by atoms with E-state index in [1.54, 1.807) is 0 Å². The molecule has 0 spiro atoms. The van der Waals surface area contributed by atoms with Gasteiger partial charge in [-0.1, -0.05) is 27.7 Å². The number of carbonyl (C=O) groups excluding carboxylic acids is 1. The van der Waals surface area contributed by atoms with Gasteiger partial charge in [0.25, 0.3) is 0 Å². The summed E-state index contributed by atoms with van der Waals surface area (Å²) in [5.41, 5.74) is -0.000277. The van der Waals surface area contributed by atoms with E-state index in [-0.39, 0.29) is 17.4 Å². The van der Waals surface area contributed by atoms with Crippen LogP contribution in [0.2, 0.25) is 0 Å². The van der Waals surface area contributed by atoms with Crippen molar-refractivity contribution in [2.75, 3.05) is 13.1 Å².